The topological polar surface area (TPSA) is 97.4 Å². The molecule has 2 aromatic rings. The van der Waals surface area contributed by atoms with Crippen molar-refractivity contribution in [2.45, 2.75) is 33.4 Å². The number of benzene rings is 1. The molecule has 0 fully saturated rings. The van der Waals surface area contributed by atoms with Crippen LogP contribution in [0.4, 0.5) is 5.69 Å². The number of rotatable bonds is 7. The number of furan rings is 1. The second-order valence-corrected chi connectivity index (χ2v) is 6.04. The molecule has 6 heteroatoms. The van der Waals surface area contributed by atoms with Crippen molar-refractivity contribution < 1.29 is 14.0 Å². The highest BCUT2D eigenvalue weighted by atomic mass is 16.3. The lowest BCUT2D eigenvalue weighted by molar-refractivity contribution is -0.116. The van der Waals surface area contributed by atoms with Crippen LogP contribution in [0.25, 0.3) is 0 Å². The van der Waals surface area contributed by atoms with E-state index in [2.05, 4.69) is 10.6 Å². The first-order valence-electron chi connectivity index (χ1n) is 7.92. The molecule has 0 aliphatic carbocycles. The minimum Gasteiger partial charge on any atom is -0.467 e. The number of carbonyl (C=O) groups excluding carboxylic acids is 2. The van der Waals surface area contributed by atoms with Gasteiger partial charge in [-0.15, -0.1) is 0 Å². The molecule has 1 heterocycles. The third-order valence-electron chi connectivity index (χ3n) is 3.37. The van der Waals surface area contributed by atoms with Gasteiger partial charge in [0.05, 0.1) is 12.1 Å². The van der Waals surface area contributed by atoms with Crippen molar-refractivity contribution >= 4 is 17.5 Å². The SMILES string of the molecule is CC(C)CC(=O)Nc1cccc(CNC(=O)c2coc(CN)c2)c1. The normalized spacial score (nSPS) is 10.7. The Balaban J connectivity index is 1.92. The fourth-order valence-electron chi connectivity index (χ4n) is 2.23. The predicted octanol–water partition coefficient (Wildman–Crippen LogP) is 2.65. The van der Waals surface area contributed by atoms with Crippen molar-refractivity contribution in [2.75, 3.05) is 5.32 Å². The molecule has 1 aromatic carbocycles. The monoisotopic (exact) mass is 329 g/mol. The molecule has 2 amide bonds. The van der Waals surface area contributed by atoms with Crippen LogP contribution in [-0.4, -0.2) is 11.8 Å². The molecule has 0 unspecified atom stereocenters. The first-order chi connectivity index (χ1) is 11.5. The van der Waals surface area contributed by atoms with Crippen LogP contribution in [0.5, 0.6) is 0 Å². The summed E-state index contributed by atoms with van der Waals surface area (Å²) >= 11 is 0. The molecule has 0 radical (unpaired) electrons. The summed E-state index contributed by atoms with van der Waals surface area (Å²) < 4.78 is 5.15. The largest absolute Gasteiger partial charge is 0.467 e. The molecule has 0 bridgehead atoms. The molecule has 6 nitrogen and oxygen atoms in total. The first-order valence-corrected chi connectivity index (χ1v) is 7.92. The zero-order chi connectivity index (χ0) is 17.5. The molecule has 2 rings (SSSR count). The summed E-state index contributed by atoms with van der Waals surface area (Å²) in [7, 11) is 0. The Labute approximate surface area is 141 Å². The molecule has 0 atom stereocenters. The molecule has 128 valence electrons. The van der Waals surface area contributed by atoms with Gasteiger partial charge in [-0.05, 0) is 29.7 Å². The number of hydrogen-bond acceptors (Lipinski definition) is 4. The second-order valence-electron chi connectivity index (χ2n) is 6.04. The second kappa shape index (κ2) is 8.31. The van der Waals surface area contributed by atoms with Gasteiger partial charge in [-0.1, -0.05) is 26.0 Å². The van der Waals surface area contributed by atoms with Crippen LogP contribution in [0.15, 0.2) is 41.0 Å². The molecule has 0 saturated heterocycles. The molecule has 24 heavy (non-hydrogen) atoms. The molecular weight excluding hydrogens is 306 g/mol. The Morgan fingerprint density at radius 3 is 2.71 bits per heavy atom. The fraction of sp³-hybridized carbons (Fsp3) is 0.333. The van der Waals surface area contributed by atoms with Crippen LogP contribution in [0.3, 0.4) is 0 Å². The zero-order valence-corrected chi connectivity index (χ0v) is 14.0. The molecule has 0 aliphatic heterocycles. The molecule has 4 N–H and O–H groups in total. The van der Waals surface area contributed by atoms with E-state index in [1.807, 2.05) is 38.1 Å². The maximum absolute atomic E-state index is 12.0. The highest BCUT2D eigenvalue weighted by Gasteiger charge is 2.10. The fourth-order valence-corrected chi connectivity index (χ4v) is 2.23. The van der Waals surface area contributed by atoms with Crippen molar-refractivity contribution in [3.8, 4) is 0 Å². The lowest BCUT2D eigenvalue weighted by Crippen LogP contribution is -2.22. The van der Waals surface area contributed by atoms with E-state index in [4.69, 9.17) is 10.2 Å². The maximum atomic E-state index is 12.0. The van der Waals surface area contributed by atoms with Crippen LogP contribution in [0, 0.1) is 5.92 Å². The lowest BCUT2D eigenvalue weighted by atomic mass is 10.1. The van der Waals surface area contributed by atoms with Crippen molar-refractivity contribution in [2.24, 2.45) is 11.7 Å². The van der Waals surface area contributed by atoms with E-state index in [1.165, 1.54) is 6.26 Å². The maximum Gasteiger partial charge on any atom is 0.254 e. The summed E-state index contributed by atoms with van der Waals surface area (Å²) in [5.74, 6) is 0.627. The van der Waals surface area contributed by atoms with Gasteiger partial charge in [0.1, 0.15) is 12.0 Å². The lowest BCUT2D eigenvalue weighted by Gasteiger charge is -2.09. The zero-order valence-electron chi connectivity index (χ0n) is 14.0. The molecule has 0 aliphatic rings. The van der Waals surface area contributed by atoms with Crippen molar-refractivity contribution in [3.05, 3.63) is 53.5 Å². The third-order valence-corrected chi connectivity index (χ3v) is 3.37. The van der Waals surface area contributed by atoms with Gasteiger partial charge in [-0.2, -0.15) is 0 Å². The minimum atomic E-state index is -0.229. The van der Waals surface area contributed by atoms with Crippen LogP contribution in [-0.2, 0) is 17.9 Å². The summed E-state index contributed by atoms with van der Waals surface area (Å²) in [5, 5.41) is 5.68. The Hall–Kier alpha value is -2.60. The standard InChI is InChI=1S/C18H23N3O3/c1-12(2)6-17(22)21-15-5-3-4-13(7-15)10-20-18(23)14-8-16(9-19)24-11-14/h3-5,7-8,11-12H,6,9-10,19H2,1-2H3,(H,20,23)(H,21,22). The van der Waals surface area contributed by atoms with Gasteiger partial charge in [0, 0.05) is 18.7 Å². The highest BCUT2D eigenvalue weighted by Crippen LogP contribution is 2.13. The summed E-state index contributed by atoms with van der Waals surface area (Å²) in [6.45, 7) is 4.61. The number of hydrogen-bond donors (Lipinski definition) is 3. The summed E-state index contributed by atoms with van der Waals surface area (Å²) in [6, 6.07) is 9.03. The van der Waals surface area contributed by atoms with Gasteiger partial charge in [0.2, 0.25) is 5.91 Å². The van der Waals surface area contributed by atoms with E-state index in [1.54, 1.807) is 6.07 Å². The van der Waals surface area contributed by atoms with Crippen LogP contribution < -0.4 is 16.4 Å². The Morgan fingerprint density at radius 2 is 2.04 bits per heavy atom. The van der Waals surface area contributed by atoms with Gasteiger partial charge in [0.25, 0.3) is 5.91 Å². The summed E-state index contributed by atoms with van der Waals surface area (Å²) in [4.78, 5) is 23.9. The van der Waals surface area contributed by atoms with Gasteiger partial charge in [-0.25, -0.2) is 0 Å². The molecular formula is C18H23N3O3. The Kier molecular flexibility index (Phi) is 6.14. The van der Waals surface area contributed by atoms with Gasteiger partial charge >= 0.3 is 0 Å². The van der Waals surface area contributed by atoms with E-state index in [9.17, 15) is 9.59 Å². The smallest absolute Gasteiger partial charge is 0.254 e. The van der Waals surface area contributed by atoms with E-state index in [0.29, 0.717) is 30.2 Å². The van der Waals surface area contributed by atoms with Crippen LogP contribution in [0.2, 0.25) is 0 Å². The number of carbonyl (C=O) groups is 2. The van der Waals surface area contributed by atoms with Crippen LogP contribution in [0.1, 0.15) is 41.9 Å². The number of amides is 2. The quantitative estimate of drug-likeness (QED) is 0.727. The first kappa shape index (κ1) is 17.7. The van der Waals surface area contributed by atoms with E-state index < -0.39 is 0 Å². The minimum absolute atomic E-state index is 0.0149. The Bertz CT molecular complexity index is 707. The molecule has 1 aromatic heterocycles. The third kappa shape index (κ3) is 5.24. The van der Waals surface area contributed by atoms with E-state index in [0.717, 1.165) is 11.3 Å². The summed E-state index contributed by atoms with van der Waals surface area (Å²) in [5.41, 5.74) is 7.52. The predicted molar refractivity (Wildman–Crippen MR) is 92.3 cm³/mol. The van der Waals surface area contributed by atoms with Gasteiger partial charge < -0.3 is 20.8 Å². The van der Waals surface area contributed by atoms with Gasteiger partial charge in [0.15, 0.2) is 0 Å². The number of nitrogens with one attached hydrogen (secondary N) is 2. The van der Waals surface area contributed by atoms with Crippen LogP contribution >= 0.6 is 0 Å². The van der Waals surface area contributed by atoms with E-state index >= 15 is 0 Å². The van der Waals surface area contributed by atoms with Gasteiger partial charge in [-0.3, -0.25) is 9.59 Å². The average Bonchev–Trinajstić information content (AvgIpc) is 3.01. The van der Waals surface area contributed by atoms with Crippen molar-refractivity contribution in [1.82, 2.24) is 5.32 Å². The van der Waals surface area contributed by atoms with E-state index in [-0.39, 0.29) is 18.4 Å². The number of nitrogens with two attached hydrogens (primary N) is 1. The average molecular weight is 329 g/mol. The van der Waals surface area contributed by atoms with Crippen molar-refractivity contribution in [1.29, 1.82) is 0 Å². The highest BCUT2D eigenvalue weighted by molar-refractivity contribution is 5.94. The Morgan fingerprint density at radius 1 is 1.25 bits per heavy atom. The molecule has 0 saturated carbocycles. The van der Waals surface area contributed by atoms with Crippen molar-refractivity contribution in [3.63, 3.8) is 0 Å². The number of anilines is 1. The summed E-state index contributed by atoms with van der Waals surface area (Å²) in [6.07, 6.45) is 1.87. The molecule has 0 spiro atoms.